The second-order valence-corrected chi connectivity index (χ2v) is 7.53. The van der Waals surface area contributed by atoms with Crippen LogP contribution in [-0.2, 0) is 10.2 Å². The third-order valence-corrected chi connectivity index (χ3v) is 5.46. The second kappa shape index (κ2) is 7.85. The number of hydrogen-bond acceptors (Lipinski definition) is 2. The van der Waals surface area contributed by atoms with E-state index in [2.05, 4.69) is 33.4 Å². The highest BCUT2D eigenvalue weighted by Gasteiger charge is 2.35. The van der Waals surface area contributed by atoms with Crippen LogP contribution in [0.1, 0.15) is 28.8 Å². The van der Waals surface area contributed by atoms with Crippen LogP contribution in [0.3, 0.4) is 0 Å². The molecule has 0 aliphatic carbocycles. The van der Waals surface area contributed by atoms with Crippen LogP contribution < -0.4 is 5.32 Å². The van der Waals surface area contributed by atoms with Crippen LogP contribution >= 0.6 is 27.5 Å². The van der Waals surface area contributed by atoms with E-state index < -0.39 is 5.82 Å². The average molecular weight is 427 g/mol. The van der Waals surface area contributed by atoms with Gasteiger partial charge in [0.25, 0.3) is 5.91 Å². The van der Waals surface area contributed by atoms with Gasteiger partial charge in [0.2, 0.25) is 0 Å². The predicted molar refractivity (Wildman–Crippen MR) is 99.6 cm³/mol. The molecule has 1 amide bonds. The molecule has 2 aromatic rings. The van der Waals surface area contributed by atoms with Crippen LogP contribution in [0.25, 0.3) is 0 Å². The molecule has 1 aliphatic rings. The fourth-order valence-corrected chi connectivity index (χ4v) is 3.82. The van der Waals surface area contributed by atoms with Crippen LogP contribution in [-0.4, -0.2) is 25.7 Å². The molecule has 0 bridgehead atoms. The first-order valence-corrected chi connectivity index (χ1v) is 9.24. The molecule has 0 radical (unpaired) electrons. The molecular weight excluding hydrogens is 409 g/mol. The van der Waals surface area contributed by atoms with Crippen molar-refractivity contribution in [1.82, 2.24) is 5.32 Å². The molecular formula is C19H18BrClFNO2. The van der Waals surface area contributed by atoms with Gasteiger partial charge in [-0.3, -0.25) is 4.79 Å². The lowest BCUT2D eigenvalue weighted by Gasteiger charge is -2.38. The number of benzene rings is 2. The Morgan fingerprint density at radius 3 is 2.68 bits per heavy atom. The van der Waals surface area contributed by atoms with E-state index in [-0.39, 0.29) is 21.9 Å². The molecule has 0 aromatic heterocycles. The molecule has 25 heavy (non-hydrogen) atoms. The summed E-state index contributed by atoms with van der Waals surface area (Å²) in [6, 6.07) is 11.9. The smallest absolute Gasteiger partial charge is 0.252 e. The highest BCUT2D eigenvalue weighted by Crippen LogP contribution is 2.35. The van der Waals surface area contributed by atoms with Crippen molar-refractivity contribution >= 4 is 33.4 Å². The van der Waals surface area contributed by atoms with E-state index in [1.165, 1.54) is 12.1 Å². The van der Waals surface area contributed by atoms with E-state index in [4.69, 9.17) is 16.3 Å². The molecule has 0 saturated carbocycles. The first kappa shape index (κ1) is 18.4. The normalized spacial score (nSPS) is 16.4. The van der Waals surface area contributed by atoms with Crippen LogP contribution in [0.15, 0.2) is 46.9 Å². The maximum atomic E-state index is 13.2. The van der Waals surface area contributed by atoms with Crippen LogP contribution in [0.2, 0.25) is 5.02 Å². The van der Waals surface area contributed by atoms with Gasteiger partial charge in [-0.25, -0.2) is 4.39 Å². The Labute approximate surface area is 159 Å². The number of rotatable bonds is 4. The van der Waals surface area contributed by atoms with Crippen molar-refractivity contribution in [2.24, 2.45) is 0 Å². The molecule has 6 heteroatoms. The SMILES string of the molecule is O=C(NCC1(c2cccc(Br)c2)CCOCC1)c1ccc(F)cc1Cl. The van der Waals surface area contributed by atoms with Crippen molar-refractivity contribution in [3.05, 3.63) is 68.9 Å². The molecule has 2 aromatic carbocycles. The summed E-state index contributed by atoms with van der Waals surface area (Å²) in [7, 11) is 0. The van der Waals surface area contributed by atoms with Gasteiger partial charge in [0.1, 0.15) is 5.82 Å². The van der Waals surface area contributed by atoms with Gasteiger partial charge in [0, 0.05) is 29.6 Å². The Morgan fingerprint density at radius 1 is 1.24 bits per heavy atom. The van der Waals surface area contributed by atoms with Crippen LogP contribution in [0, 0.1) is 5.82 Å². The largest absolute Gasteiger partial charge is 0.381 e. The summed E-state index contributed by atoms with van der Waals surface area (Å²) in [4.78, 5) is 12.5. The molecule has 132 valence electrons. The second-order valence-electron chi connectivity index (χ2n) is 6.21. The number of carbonyl (C=O) groups is 1. The van der Waals surface area contributed by atoms with Gasteiger partial charge in [0.15, 0.2) is 0 Å². The fraction of sp³-hybridized carbons (Fsp3) is 0.316. The average Bonchev–Trinajstić information content (AvgIpc) is 2.60. The standard InChI is InChI=1S/C19H18BrClFNO2/c20-14-3-1-2-13(10-14)19(6-8-25-9-7-19)12-23-18(24)16-5-4-15(22)11-17(16)21/h1-5,10-11H,6-9,12H2,(H,23,24). The monoisotopic (exact) mass is 425 g/mol. The number of hydrogen-bond donors (Lipinski definition) is 1. The zero-order valence-corrected chi connectivity index (χ0v) is 15.9. The summed E-state index contributed by atoms with van der Waals surface area (Å²) in [5.74, 6) is -0.762. The summed E-state index contributed by atoms with van der Waals surface area (Å²) in [5.41, 5.74) is 1.25. The molecule has 3 nitrogen and oxygen atoms in total. The van der Waals surface area contributed by atoms with Crippen molar-refractivity contribution in [2.75, 3.05) is 19.8 Å². The zero-order valence-electron chi connectivity index (χ0n) is 13.5. The Bertz CT molecular complexity index is 778. The van der Waals surface area contributed by atoms with Gasteiger partial charge in [-0.15, -0.1) is 0 Å². The third kappa shape index (κ3) is 4.22. The van der Waals surface area contributed by atoms with Gasteiger partial charge >= 0.3 is 0 Å². The maximum absolute atomic E-state index is 13.2. The first-order valence-electron chi connectivity index (χ1n) is 8.07. The number of amides is 1. The number of carbonyl (C=O) groups excluding carboxylic acids is 1. The molecule has 3 rings (SSSR count). The molecule has 0 atom stereocenters. The number of nitrogens with one attached hydrogen (secondary N) is 1. The molecule has 1 aliphatic heterocycles. The minimum absolute atomic E-state index is 0.112. The van der Waals surface area contributed by atoms with E-state index in [0.717, 1.165) is 28.9 Å². The quantitative estimate of drug-likeness (QED) is 0.768. The van der Waals surface area contributed by atoms with Gasteiger partial charge in [-0.2, -0.15) is 0 Å². The lowest BCUT2D eigenvalue weighted by atomic mass is 9.74. The van der Waals surface area contributed by atoms with E-state index in [9.17, 15) is 9.18 Å². The van der Waals surface area contributed by atoms with Gasteiger partial charge in [0.05, 0.1) is 10.6 Å². The maximum Gasteiger partial charge on any atom is 0.252 e. The summed E-state index contributed by atoms with van der Waals surface area (Å²) in [6.45, 7) is 1.78. The van der Waals surface area contributed by atoms with Crippen molar-refractivity contribution in [1.29, 1.82) is 0 Å². The Hall–Kier alpha value is -1.43. The van der Waals surface area contributed by atoms with Crippen LogP contribution in [0.5, 0.6) is 0 Å². The molecule has 1 fully saturated rings. The minimum Gasteiger partial charge on any atom is -0.381 e. The lowest BCUT2D eigenvalue weighted by molar-refractivity contribution is 0.0487. The summed E-state index contributed by atoms with van der Waals surface area (Å²) >= 11 is 9.51. The molecule has 1 heterocycles. The summed E-state index contributed by atoms with van der Waals surface area (Å²) < 4.78 is 19.7. The van der Waals surface area contributed by atoms with Gasteiger partial charge in [-0.1, -0.05) is 39.7 Å². The third-order valence-electron chi connectivity index (χ3n) is 4.65. The topological polar surface area (TPSA) is 38.3 Å². The van der Waals surface area contributed by atoms with Gasteiger partial charge < -0.3 is 10.1 Å². The van der Waals surface area contributed by atoms with E-state index in [1.807, 2.05) is 12.1 Å². The highest BCUT2D eigenvalue weighted by molar-refractivity contribution is 9.10. The lowest BCUT2D eigenvalue weighted by Crippen LogP contribution is -2.44. The van der Waals surface area contributed by atoms with Crippen molar-refractivity contribution in [2.45, 2.75) is 18.3 Å². The Morgan fingerprint density at radius 2 is 2.00 bits per heavy atom. The minimum atomic E-state index is -0.461. The molecule has 0 unspecified atom stereocenters. The molecule has 0 spiro atoms. The number of halogens is 3. The Balaban J connectivity index is 1.80. The summed E-state index contributed by atoms with van der Waals surface area (Å²) in [5, 5.41) is 3.08. The van der Waals surface area contributed by atoms with Crippen LogP contribution in [0.4, 0.5) is 4.39 Å². The Kier molecular flexibility index (Phi) is 5.77. The predicted octanol–water partition coefficient (Wildman–Crippen LogP) is 4.72. The van der Waals surface area contributed by atoms with E-state index >= 15 is 0 Å². The molecule has 1 saturated heterocycles. The van der Waals surface area contributed by atoms with Crippen molar-refractivity contribution < 1.29 is 13.9 Å². The van der Waals surface area contributed by atoms with Crippen molar-refractivity contribution in [3.8, 4) is 0 Å². The van der Waals surface area contributed by atoms with E-state index in [1.54, 1.807) is 0 Å². The molecule has 1 N–H and O–H groups in total. The van der Waals surface area contributed by atoms with Crippen molar-refractivity contribution in [3.63, 3.8) is 0 Å². The van der Waals surface area contributed by atoms with E-state index in [0.29, 0.717) is 19.8 Å². The summed E-state index contributed by atoms with van der Waals surface area (Å²) in [6.07, 6.45) is 1.64. The van der Waals surface area contributed by atoms with Gasteiger partial charge in [-0.05, 0) is 48.7 Å². The zero-order chi connectivity index (χ0) is 17.9. The highest BCUT2D eigenvalue weighted by atomic mass is 79.9. The number of ether oxygens (including phenoxy) is 1. The first-order chi connectivity index (χ1) is 12.0. The fourth-order valence-electron chi connectivity index (χ4n) is 3.17.